The van der Waals surface area contributed by atoms with Crippen LogP contribution in [0.1, 0.15) is 24.0 Å². The normalized spacial score (nSPS) is 18.8. The minimum Gasteiger partial charge on any atom is -0.325 e. The zero-order valence-electron chi connectivity index (χ0n) is 9.00. The van der Waals surface area contributed by atoms with Crippen LogP contribution in [0.2, 0.25) is 0 Å². The van der Waals surface area contributed by atoms with Crippen LogP contribution in [0.4, 0.5) is 0 Å². The lowest BCUT2D eigenvalue weighted by Gasteiger charge is -2.04. The van der Waals surface area contributed by atoms with Gasteiger partial charge >= 0.3 is 0 Å². The highest BCUT2D eigenvalue weighted by atomic mass is 32.1. The molecule has 0 saturated carbocycles. The second kappa shape index (κ2) is 4.19. The van der Waals surface area contributed by atoms with Gasteiger partial charge < -0.3 is 5.32 Å². The fraction of sp³-hybridized carbons (Fsp3) is 0.333. The number of thiol groups is 1. The van der Waals surface area contributed by atoms with Crippen LogP contribution in [-0.4, -0.2) is 10.9 Å². The zero-order chi connectivity index (χ0) is 10.8. The number of carbonyl (C=O) groups is 1. The molecule has 2 nitrogen and oxygen atoms in total. The van der Waals surface area contributed by atoms with Gasteiger partial charge in [-0.2, -0.15) is 0 Å². The van der Waals surface area contributed by atoms with Gasteiger partial charge in [-0.3, -0.25) is 4.79 Å². The maximum absolute atomic E-state index is 11.0. The van der Waals surface area contributed by atoms with Crippen molar-refractivity contribution in [3.63, 3.8) is 0 Å². The minimum absolute atomic E-state index is 0.155. The Morgan fingerprint density at radius 1 is 1.27 bits per heavy atom. The monoisotopic (exact) mass is 221 g/mol. The van der Waals surface area contributed by atoms with E-state index in [1.165, 1.54) is 16.0 Å². The molecular formula is C12H15NOS. The van der Waals surface area contributed by atoms with E-state index in [4.69, 9.17) is 0 Å². The van der Waals surface area contributed by atoms with Crippen LogP contribution in [0.25, 0.3) is 0 Å². The van der Waals surface area contributed by atoms with Gasteiger partial charge in [0.05, 0.1) is 0 Å². The molecular weight excluding hydrogens is 206 g/mol. The van der Waals surface area contributed by atoms with Crippen LogP contribution < -0.4 is 5.32 Å². The standard InChI is InChI=1S/C12H15NOS/c1-8-3-4-10(9(2)7-8)15-12-6-5-11(14)13-12/h3-4,7,15H,5-6H2,1-2H3,(H,13,14). The Kier molecular flexibility index (Phi) is 2.91. The first-order chi connectivity index (χ1) is 7.15. The van der Waals surface area contributed by atoms with E-state index < -0.39 is 0 Å². The Hall–Kier alpha value is -1.09. The van der Waals surface area contributed by atoms with Gasteiger partial charge in [0.15, 0.2) is 0 Å². The molecule has 15 heavy (non-hydrogen) atoms. The molecule has 0 aliphatic carbocycles. The Bertz CT molecular complexity index is 437. The molecule has 1 amide bonds. The predicted molar refractivity (Wildman–Crippen MR) is 65.6 cm³/mol. The first-order valence-electron chi connectivity index (χ1n) is 5.10. The smallest absolute Gasteiger partial charge is 0.224 e. The molecule has 1 N–H and O–H groups in total. The molecule has 0 unspecified atom stereocenters. The molecule has 1 heterocycles. The third-order valence-electron chi connectivity index (χ3n) is 2.48. The van der Waals surface area contributed by atoms with E-state index in [1.54, 1.807) is 0 Å². The Morgan fingerprint density at radius 3 is 2.67 bits per heavy atom. The van der Waals surface area contributed by atoms with Crippen molar-refractivity contribution >= 4 is 22.2 Å². The van der Waals surface area contributed by atoms with E-state index in [0.717, 1.165) is 22.8 Å². The van der Waals surface area contributed by atoms with E-state index in [1.807, 2.05) is 0 Å². The molecule has 1 fully saturated rings. The van der Waals surface area contributed by atoms with Crippen LogP contribution in [0.3, 0.4) is 0 Å². The Labute approximate surface area is 93.7 Å². The van der Waals surface area contributed by atoms with Crippen molar-refractivity contribution in [2.45, 2.75) is 31.6 Å². The van der Waals surface area contributed by atoms with Crippen molar-refractivity contribution in [2.24, 2.45) is 0 Å². The third-order valence-corrected chi connectivity index (χ3v) is 3.83. The quantitative estimate of drug-likeness (QED) is 0.552. The molecule has 1 aromatic carbocycles. The van der Waals surface area contributed by atoms with Crippen molar-refractivity contribution in [3.05, 3.63) is 29.3 Å². The fourth-order valence-electron chi connectivity index (χ4n) is 1.68. The first kappa shape index (κ1) is 10.4. The average molecular weight is 221 g/mol. The number of hydrogen-bond donors (Lipinski definition) is 2. The molecule has 2 rings (SSSR count). The second-order valence-corrected chi connectivity index (χ2v) is 5.14. The summed E-state index contributed by atoms with van der Waals surface area (Å²) in [5.74, 6) is 0.155. The van der Waals surface area contributed by atoms with E-state index in [2.05, 4.69) is 37.4 Å². The molecule has 80 valence electrons. The van der Waals surface area contributed by atoms with Crippen molar-refractivity contribution in [3.8, 4) is 0 Å². The zero-order valence-corrected chi connectivity index (χ0v) is 9.90. The number of aryl methyl sites for hydroxylation is 2. The van der Waals surface area contributed by atoms with Crippen LogP contribution in [0, 0.1) is 13.8 Å². The summed E-state index contributed by atoms with van der Waals surface area (Å²) < 4.78 is 0. The van der Waals surface area contributed by atoms with E-state index >= 15 is 0 Å². The molecule has 0 bridgehead atoms. The summed E-state index contributed by atoms with van der Waals surface area (Å²) >= 11 is 1.15. The second-order valence-electron chi connectivity index (χ2n) is 3.90. The van der Waals surface area contributed by atoms with Crippen LogP contribution in [0.5, 0.6) is 0 Å². The Balaban J connectivity index is 2.27. The molecule has 1 aliphatic heterocycles. The van der Waals surface area contributed by atoms with Crippen molar-refractivity contribution in [1.82, 2.24) is 5.32 Å². The molecule has 0 atom stereocenters. The lowest BCUT2D eigenvalue weighted by molar-refractivity contribution is -0.118. The number of benzene rings is 1. The van der Waals surface area contributed by atoms with Gasteiger partial charge in [0.25, 0.3) is 0 Å². The van der Waals surface area contributed by atoms with Gasteiger partial charge in [-0.1, -0.05) is 17.7 Å². The van der Waals surface area contributed by atoms with Gasteiger partial charge in [0, 0.05) is 22.7 Å². The maximum Gasteiger partial charge on any atom is 0.224 e. The van der Waals surface area contributed by atoms with Gasteiger partial charge in [0.2, 0.25) is 5.91 Å². The van der Waals surface area contributed by atoms with Gasteiger partial charge in [0.1, 0.15) is 0 Å². The molecule has 1 saturated heterocycles. The topological polar surface area (TPSA) is 29.1 Å². The molecule has 0 aromatic heterocycles. The summed E-state index contributed by atoms with van der Waals surface area (Å²) in [7, 11) is 0. The Morgan fingerprint density at radius 2 is 2.07 bits per heavy atom. The summed E-state index contributed by atoms with van der Waals surface area (Å²) in [6.07, 6.45) is 1.53. The third kappa shape index (κ3) is 2.48. The number of rotatable bonds is 1. The van der Waals surface area contributed by atoms with Crippen molar-refractivity contribution < 1.29 is 4.79 Å². The number of nitrogens with one attached hydrogen (secondary N) is 1. The highest BCUT2D eigenvalue weighted by Crippen LogP contribution is 2.20. The highest BCUT2D eigenvalue weighted by Gasteiger charge is 2.13. The SMILES string of the molecule is Cc1ccc([SH]=C2CCC(=O)N2)c(C)c1. The lowest BCUT2D eigenvalue weighted by atomic mass is 10.2. The largest absolute Gasteiger partial charge is 0.325 e. The van der Waals surface area contributed by atoms with Crippen LogP contribution in [0.15, 0.2) is 23.1 Å². The summed E-state index contributed by atoms with van der Waals surface area (Å²) in [6, 6.07) is 6.44. The molecule has 3 heteroatoms. The molecule has 1 aliphatic rings. The van der Waals surface area contributed by atoms with Crippen LogP contribution >= 0.6 is 11.4 Å². The fourth-order valence-corrected chi connectivity index (χ4v) is 2.76. The average Bonchev–Trinajstić information content (AvgIpc) is 2.56. The van der Waals surface area contributed by atoms with Crippen LogP contribution in [-0.2, 0) is 4.79 Å². The van der Waals surface area contributed by atoms with Crippen molar-refractivity contribution in [2.75, 3.05) is 0 Å². The van der Waals surface area contributed by atoms with E-state index in [9.17, 15) is 4.79 Å². The summed E-state index contributed by atoms with van der Waals surface area (Å²) in [5, 5.41) is 2.91. The summed E-state index contributed by atoms with van der Waals surface area (Å²) in [5.41, 5.74) is 2.58. The number of hydrogen-bond acceptors (Lipinski definition) is 1. The lowest BCUT2D eigenvalue weighted by Crippen LogP contribution is -2.18. The predicted octanol–water partition coefficient (Wildman–Crippen LogP) is 2.17. The molecule has 0 radical (unpaired) electrons. The van der Waals surface area contributed by atoms with E-state index in [0.29, 0.717) is 6.42 Å². The van der Waals surface area contributed by atoms with Gasteiger partial charge in [-0.15, -0.1) is 11.4 Å². The number of carbonyl (C=O) groups excluding carboxylic acids is 1. The summed E-state index contributed by atoms with van der Waals surface area (Å²) in [4.78, 5) is 13.5. The van der Waals surface area contributed by atoms with Gasteiger partial charge in [-0.25, -0.2) is 0 Å². The van der Waals surface area contributed by atoms with Gasteiger partial charge in [-0.05, 0) is 25.5 Å². The molecule has 0 spiro atoms. The summed E-state index contributed by atoms with van der Waals surface area (Å²) in [6.45, 7) is 4.21. The number of amides is 1. The minimum atomic E-state index is 0.155. The highest BCUT2D eigenvalue weighted by molar-refractivity contribution is 7.98. The first-order valence-corrected chi connectivity index (χ1v) is 5.99. The van der Waals surface area contributed by atoms with Crippen molar-refractivity contribution in [1.29, 1.82) is 0 Å². The molecule has 1 aromatic rings. The van der Waals surface area contributed by atoms with E-state index in [-0.39, 0.29) is 5.91 Å². The maximum atomic E-state index is 11.0.